The number of ketones is 1. The fourth-order valence-electron chi connectivity index (χ4n) is 4.25. The minimum atomic E-state index is -1.10. The van der Waals surface area contributed by atoms with Crippen LogP contribution < -0.4 is 14.4 Å². The lowest BCUT2D eigenvalue weighted by atomic mass is 9.95. The summed E-state index contributed by atoms with van der Waals surface area (Å²) in [5.41, 5.74) is 0.602. The van der Waals surface area contributed by atoms with Crippen LogP contribution in [0.4, 0.5) is 5.13 Å². The Morgan fingerprint density at radius 3 is 2.68 bits per heavy atom. The molecule has 1 aromatic carbocycles. The number of carbonyl (C=O) groups excluding carboxylic acids is 3. The van der Waals surface area contributed by atoms with Crippen molar-refractivity contribution in [1.82, 2.24) is 4.98 Å². The van der Waals surface area contributed by atoms with E-state index in [1.807, 2.05) is 6.92 Å². The van der Waals surface area contributed by atoms with Crippen LogP contribution in [0.2, 0.25) is 0 Å². The van der Waals surface area contributed by atoms with E-state index in [0.29, 0.717) is 41.9 Å². The first-order chi connectivity index (χ1) is 19.7. The quantitative estimate of drug-likeness (QED) is 0.147. The van der Waals surface area contributed by atoms with Crippen molar-refractivity contribution in [3.63, 3.8) is 0 Å². The average molecular weight is 581 g/mol. The Bertz CT molecular complexity index is 1470. The van der Waals surface area contributed by atoms with Gasteiger partial charge in [-0.05, 0) is 56.0 Å². The molecule has 3 aromatic rings. The van der Waals surface area contributed by atoms with Crippen LogP contribution in [0.1, 0.15) is 64.7 Å². The lowest BCUT2D eigenvalue weighted by Gasteiger charge is -2.25. The first-order valence-corrected chi connectivity index (χ1v) is 14.0. The van der Waals surface area contributed by atoms with Crippen molar-refractivity contribution in [2.45, 2.75) is 40.2 Å². The SMILES string of the molecule is C=CCOC(=O)c1sc(N2C(=O)C(O)=C(C(=O)c3ccco3)C2c2ccc(OCCC(C)C)c(OCC)c2)nc1C. The van der Waals surface area contributed by atoms with Gasteiger partial charge in [0.05, 0.1) is 36.8 Å². The highest BCUT2D eigenvalue weighted by molar-refractivity contribution is 7.17. The van der Waals surface area contributed by atoms with Crippen LogP contribution in [0.25, 0.3) is 0 Å². The molecule has 0 saturated carbocycles. The number of aromatic nitrogens is 1. The molecule has 1 atom stereocenters. The molecule has 0 aliphatic carbocycles. The zero-order valence-corrected chi connectivity index (χ0v) is 24.2. The van der Waals surface area contributed by atoms with E-state index in [0.717, 1.165) is 17.8 Å². The third-order valence-electron chi connectivity index (χ3n) is 6.24. The molecule has 0 radical (unpaired) electrons. The molecule has 1 aliphatic heterocycles. The lowest BCUT2D eigenvalue weighted by Crippen LogP contribution is -2.31. The number of aliphatic hydroxyl groups is 1. The normalized spacial score (nSPS) is 15.0. The Kier molecular flexibility index (Phi) is 9.28. The van der Waals surface area contributed by atoms with E-state index in [2.05, 4.69) is 25.4 Å². The fourth-order valence-corrected chi connectivity index (χ4v) is 5.24. The van der Waals surface area contributed by atoms with Crippen LogP contribution in [0.15, 0.2) is 65.0 Å². The van der Waals surface area contributed by atoms with Crippen LogP contribution in [-0.4, -0.2) is 47.6 Å². The maximum Gasteiger partial charge on any atom is 0.350 e. The highest BCUT2D eigenvalue weighted by Crippen LogP contribution is 2.45. The van der Waals surface area contributed by atoms with Gasteiger partial charge in [0.1, 0.15) is 11.5 Å². The predicted octanol–water partition coefficient (Wildman–Crippen LogP) is 5.99. The van der Waals surface area contributed by atoms with Gasteiger partial charge < -0.3 is 23.7 Å². The molecular formula is C30H32N2O8S. The molecule has 11 heteroatoms. The zero-order valence-electron chi connectivity index (χ0n) is 23.3. The van der Waals surface area contributed by atoms with Crippen LogP contribution in [0.3, 0.4) is 0 Å². The topological polar surface area (TPSA) is 128 Å². The number of hydrogen-bond donors (Lipinski definition) is 1. The second-order valence-electron chi connectivity index (χ2n) is 9.61. The lowest BCUT2D eigenvalue weighted by molar-refractivity contribution is -0.117. The van der Waals surface area contributed by atoms with E-state index in [9.17, 15) is 19.5 Å². The van der Waals surface area contributed by atoms with Gasteiger partial charge in [0, 0.05) is 0 Å². The van der Waals surface area contributed by atoms with Crippen molar-refractivity contribution in [2.75, 3.05) is 24.7 Å². The molecule has 2 aromatic heterocycles. The highest BCUT2D eigenvalue weighted by atomic mass is 32.1. The maximum absolute atomic E-state index is 13.6. The largest absolute Gasteiger partial charge is 0.503 e. The number of thiazole rings is 1. The molecule has 1 unspecified atom stereocenters. The van der Waals surface area contributed by atoms with Crippen molar-refractivity contribution < 1.29 is 38.1 Å². The molecule has 0 fully saturated rings. The van der Waals surface area contributed by atoms with Crippen molar-refractivity contribution >= 4 is 34.1 Å². The molecule has 4 rings (SSSR count). The number of hydrogen-bond acceptors (Lipinski definition) is 10. The summed E-state index contributed by atoms with van der Waals surface area (Å²) in [6, 6.07) is 6.96. The maximum atomic E-state index is 13.6. The van der Waals surface area contributed by atoms with Crippen molar-refractivity contribution in [3.05, 3.63) is 82.5 Å². The van der Waals surface area contributed by atoms with Gasteiger partial charge in [0.25, 0.3) is 5.91 Å². The Balaban J connectivity index is 1.81. The third-order valence-corrected chi connectivity index (χ3v) is 7.38. The Hall–Kier alpha value is -4.38. The summed E-state index contributed by atoms with van der Waals surface area (Å²) < 4.78 is 22.3. The number of amides is 1. The van der Waals surface area contributed by atoms with Crippen molar-refractivity contribution in [1.29, 1.82) is 0 Å². The number of Topliss-reactive ketones (excluding diaryl/α,β-unsaturated/α-hetero) is 1. The first-order valence-electron chi connectivity index (χ1n) is 13.2. The molecule has 3 heterocycles. The highest BCUT2D eigenvalue weighted by Gasteiger charge is 2.47. The average Bonchev–Trinajstić information content (AvgIpc) is 3.67. The second kappa shape index (κ2) is 12.9. The first kappa shape index (κ1) is 29.6. The van der Waals surface area contributed by atoms with E-state index in [-0.39, 0.29) is 27.9 Å². The molecule has 0 saturated heterocycles. The van der Waals surface area contributed by atoms with Gasteiger partial charge in [-0.25, -0.2) is 9.78 Å². The molecule has 1 amide bonds. The van der Waals surface area contributed by atoms with Crippen LogP contribution in [0, 0.1) is 12.8 Å². The summed E-state index contributed by atoms with van der Waals surface area (Å²) >= 11 is 0.919. The van der Waals surface area contributed by atoms with E-state index in [1.54, 1.807) is 25.1 Å². The molecule has 1 N–H and O–H groups in total. The summed E-state index contributed by atoms with van der Waals surface area (Å²) in [5, 5.41) is 11.1. The van der Waals surface area contributed by atoms with E-state index >= 15 is 0 Å². The number of benzene rings is 1. The molecule has 10 nitrogen and oxygen atoms in total. The Morgan fingerprint density at radius 1 is 1.24 bits per heavy atom. The third kappa shape index (κ3) is 6.19. The molecule has 1 aliphatic rings. The molecular weight excluding hydrogens is 548 g/mol. The number of furan rings is 1. The summed E-state index contributed by atoms with van der Waals surface area (Å²) in [6.07, 6.45) is 3.61. The van der Waals surface area contributed by atoms with Gasteiger partial charge in [0.2, 0.25) is 5.78 Å². The number of ether oxygens (including phenoxy) is 3. The number of esters is 1. The minimum Gasteiger partial charge on any atom is -0.503 e. The van der Waals surface area contributed by atoms with Gasteiger partial charge in [-0.15, -0.1) is 0 Å². The van der Waals surface area contributed by atoms with Gasteiger partial charge in [-0.3, -0.25) is 14.5 Å². The molecule has 0 bridgehead atoms. The van der Waals surface area contributed by atoms with Gasteiger partial charge >= 0.3 is 5.97 Å². The van der Waals surface area contributed by atoms with Crippen LogP contribution in [0.5, 0.6) is 11.5 Å². The van der Waals surface area contributed by atoms with Crippen molar-refractivity contribution in [2.24, 2.45) is 5.92 Å². The van der Waals surface area contributed by atoms with Gasteiger partial charge in [0.15, 0.2) is 28.1 Å². The predicted molar refractivity (Wildman–Crippen MR) is 153 cm³/mol. The summed E-state index contributed by atoms with van der Waals surface area (Å²) in [4.78, 5) is 45.5. The minimum absolute atomic E-state index is 0.00666. The standard InChI is InChI=1S/C30H32N2O8S/c1-6-13-40-29(36)27-18(5)31-30(41-27)32-24(23(26(34)28(32)35)25(33)21-9-8-14-38-21)19-10-11-20(22(16-19)37-7-2)39-15-12-17(3)4/h6,8-11,14,16-17,24,34H,1,7,12-13,15H2,2-5H3. The molecule has 0 spiro atoms. The van der Waals surface area contributed by atoms with E-state index in [4.69, 9.17) is 18.6 Å². The number of aryl methyl sites for hydroxylation is 1. The Labute approximate surface area is 241 Å². The number of aliphatic hydroxyl groups excluding tert-OH is 1. The van der Waals surface area contributed by atoms with Gasteiger partial charge in [-0.1, -0.05) is 43.9 Å². The number of rotatable bonds is 13. The number of carbonyl (C=O) groups is 3. The van der Waals surface area contributed by atoms with Crippen LogP contribution in [-0.2, 0) is 9.53 Å². The molecule has 216 valence electrons. The van der Waals surface area contributed by atoms with Crippen LogP contribution >= 0.6 is 11.3 Å². The summed E-state index contributed by atoms with van der Waals surface area (Å²) in [6.45, 7) is 12.0. The Morgan fingerprint density at radius 2 is 2.02 bits per heavy atom. The van der Waals surface area contributed by atoms with Crippen molar-refractivity contribution in [3.8, 4) is 11.5 Å². The van der Waals surface area contributed by atoms with E-state index < -0.39 is 29.5 Å². The summed E-state index contributed by atoms with van der Waals surface area (Å²) in [5.74, 6) is -1.55. The van der Waals surface area contributed by atoms with E-state index in [1.165, 1.54) is 29.4 Å². The second-order valence-corrected chi connectivity index (χ2v) is 10.6. The number of nitrogens with zero attached hydrogens (tertiary/aromatic N) is 2. The summed E-state index contributed by atoms with van der Waals surface area (Å²) in [7, 11) is 0. The van der Waals surface area contributed by atoms with Gasteiger partial charge in [-0.2, -0.15) is 0 Å². The fraction of sp³-hybridized carbons (Fsp3) is 0.333. The number of anilines is 1. The monoisotopic (exact) mass is 580 g/mol. The molecule has 41 heavy (non-hydrogen) atoms. The zero-order chi connectivity index (χ0) is 29.7. The smallest absolute Gasteiger partial charge is 0.350 e.